The van der Waals surface area contributed by atoms with Gasteiger partial charge in [0, 0.05) is 18.9 Å². The van der Waals surface area contributed by atoms with Crippen LogP contribution in [0, 0.1) is 11.3 Å². The van der Waals surface area contributed by atoms with Gasteiger partial charge in [-0.05, 0) is 36.6 Å². The minimum Gasteiger partial charge on any atom is -0.483 e. The minimum atomic E-state index is -4.51. The Balaban J connectivity index is 1.82. The summed E-state index contributed by atoms with van der Waals surface area (Å²) in [6.07, 6.45) is -3.51. The molecule has 2 aromatic carbocycles. The quantitative estimate of drug-likeness (QED) is 0.811. The maximum absolute atomic E-state index is 13.2. The molecule has 152 valence electrons. The fraction of sp³-hybridized carbons (Fsp3) is 0.333. The van der Waals surface area contributed by atoms with E-state index in [1.807, 2.05) is 30.3 Å². The highest BCUT2D eigenvalue weighted by atomic mass is 19.4. The molecule has 0 saturated carbocycles. The van der Waals surface area contributed by atoms with Crippen molar-refractivity contribution in [2.45, 2.75) is 24.4 Å². The number of ether oxygens (including phenoxy) is 2. The Labute approximate surface area is 166 Å². The van der Waals surface area contributed by atoms with E-state index >= 15 is 0 Å². The number of alkyl halides is 3. The summed E-state index contributed by atoms with van der Waals surface area (Å²) in [5.74, 6) is -0.438. The summed E-state index contributed by atoms with van der Waals surface area (Å²) in [5.41, 5.74) is 0.310. The molecule has 1 saturated heterocycles. The second kappa shape index (κ2) is 8.53. The van der Waals surface area contributed by atoms with Crippen LogP contribution in [0.15, 0.2) is 48.5 Å². The predicted octanol–water partition coefficient (Wildman–Crippen LogP) is 4.19. The Bertz CT molecular complexity index is 902. The van der Waals surface area contributed by atoms with Crippen molar-refractivity contribution < 1.29 is 27.4 Å². The minimum absolute atomic E-state index is 0.0900. The molecule has 8 heteroatoms. The first kappa shape index (κ1) is 20.7. The average molecular weight is 404 g/mol. The highest BCUT2D eigenvalue weighted by Crippen LogP contribution is 2.36. The number of nitriles is 1. The third-order valence-corrected chi connectivity index (χ3v) is 4.86. The second-order valence-corrected chi connectivity index (χ2v) is 6.74. The zero-order valence-electron chi connectivity index (χ0n) is 15.5. The van der Waals surface area contributed by atoms with E-state index in [0.29, 0.717) is 31.7 Å². The third-order valence-electron chi connectivity index (χ3n) is 4.86. The number of carbonyl (C=O) groups excluding carboxylic acids is 1. The van der Waals surface area contributed by atoms with E-state index in [9.17, 15) is 23.2 Å². The van der Waals surface area contributed by atoms with Gasteiger partial charge >= 0.3 is 6.18 Å². The zero-order chi connectivity index (χ0) is 20.9. The van der Waals surface area contributed by atoms with Crippen LogP contribution in [0.3, 0.4) is 0 Å². The molecule has 0 spiro atoms. The van der Waals surface area contributed by atoms with Gasteiger partial charge in [-0.2, -0.15) is 18.4 Å². The molecule has 1 aliphatic heterocycles. The first-order valence-corrected chi connectivity index (χ1v) is 9.02. The molecule has 3 rings (SSSR count). The molecule has 0 bridgehead atoms. The number of carbonyl (C=O) groups is 1. The topological polar surface area (TPSA) is 71.4 Å². The normalized spacial score (nSPS) is 15.9. The van der Waals surface area contributed by atoms with Crippen molar-refractivity contribution in [3.05, 3.63) is 59.7 Å². The Morgan fingerprint density at radius 1 is 1.17 bits per heavy atom. The van der Waals surface area contributed by atoms with E-state index < -0.39 is 18.2 Å². The van der Waals surface area contributed by atoms with Crippen LogP contribution in [0.25, 0.3) is 0 Å². The molecule has 1 aliphatic rings. The van der Waals surface area contributed by atoms with Crippen LogP contribution in [0.4, 0.5) is 18.9 Å². The van der Waals surface area contributed by atoms with E-state index in [1.165, 1.54) is 18.2 Å². The lowest BCUT2D eigenvalue weighted by atomic mass is 9.73. The number of rotatable bonds is 5. The van der Waals surface area contributed by atoms with Gasteiger partial charge in [0.05, 0.1) is 11.0 Å². The van der Waals surface area contributed by atoms with Crippen molar-refractivity contribution in [1.82, 2.24) is 0 Å². The molecule has 1 heterocycles. The lowest BCUT2D eigenvalue weighted by molar-refractivity contribution is -0.153. The number of nitrogens with zero attached hydrogens (tertiary/aromatic N) is 1. The summed E-state index contributed by atoms with van der Waals surface area (Å²) in [4.78, 5) is 13.2. The average Bonchev–Trinajstić information content (AvgIpc) is 2.73. The summed E-state index contributed by atoms with van der Waals surface area (Å²) in [7, 11) is 0. The van der Waals surface area contributed by atoms with Gasteiger partial charge in [0.1, 0.15) is 11.8 Å². The molecule has 1 fully saturated rings. The van der Waals surface area contributed by atoms with Crippen LogP contribution < -0.4 is 10.1 Å². The van der Waals surface area contributed by atoms with E-state index in [2.05, 4.69) is 10.1 Å². The van der Waals surface area contributed by atoms with Gasteiger partial charge in [0.15, 0.2) is 6.61 Å². The Hall–Kier alpha value is -3.05. The molecular formula is C21H19F3N2O3. The van der Waals surface area contributed by atoms with Crippen molar-refractivity contribution in [3.8, 4) is 11.8 Å². The first-order valence-electron chi connectivity index (χ1n) is 9.02. The zero-order valence-corrected chi connectivity index (χ0v) is 15.5. The molecule has 1 N–H and O–H groups in total. The molecule has 1 amide bonds. The first-order chi connectivity index (χ1) is 13.8. The molecule has 0 aliphatic carbocycles. The van der Waals surface area contributed by atoms with Crippen LogP contribution in [0.2, 0.25) is 0 Å². The standard InChI is InChI=1S/C21H19F3N2O3/c22-21(23,24)14-29-18-7-6-17(12-15(18)13-25)26-19(27)20(8-10-28-11-9-20)16-4-2-1-3-5-16/h1-7,12H,8-11,14H2,(H,26,27). The maximum atomic E-state index is 13.2. The summed E-state index contributed by atoms with van der Waals surface area (Å²) >= 11 is 0. The smallest absolute Gasteiger partial charge is 0.422 e. The monoisotopic (exact) mass is 404 g/mol. The van der Waals surface area contributed by atoms with Gasteiger partial charge in [0.2, 0.25) is 5.91 Å². The molecule has 0 radical (unpaired) electrons. The predicted molar refractivity (Wildman–Crippen MR) is 99.5 cm³/mol. The van der Waals surface area contributed by atoms with Crippen molar-refractivity contribution >= 4 is 11.6 Å². The van der Waals surface area contributed by atoms with Crippen LogP contribution in [-0.4, -0.2) is 31.9 Å². The number of halogens is 3. The number of benzene rings is 2. The number of hydrogen-bond donors (Lipinski definition) is 1. The summed E-state index contributed by atoms with van der Waals surface area (Å²) in [6.45, 7) is -0.615. The van der Waals surface area contributed by atoms with Gasteiger partial charge in [-0.25, -0.2) is 0 Å². The number of nitrogens with one attached hydrogen (secondary N) is 1. The van der Waals surface area contributed by atoms with Crippen LogP contribution in [-0.2, 0) is 14.9 Å². The summed E-state index contributed by atoms with van der Waals surface area (Å²) in [6, 6.07) is 15.1. The van der Waals surface area contributed by atoms with Crippen LogP contribution in [0.1, 0.15) is 24.0 Å². The van der Waals surface area contributed by atoms with Gasteiger partial charge in [0.25, 0.3) is 0 Å². The lowest BCUT2D eigenvalue weighted by Gasteiger charge is -2.36. The van der Waals surface area contributed by atoms with E-state index in [-0.39, 0.29) is 17.2 Å². The number of hydrogen-bond acceptors (Lipinski definition) is 4. The number of anilines is 1. The van der Waals surface area contributed by atoms with Gasteiger partial charge in [-0.3, -0.25) is 4.79 Å². The van der Waals surface area contributed by atoms with Crippen molar-refractivity contribution in [3.63, 3.8) is 0 Å². The second-order valence-electron chi connectivity index (χ2n) is 6.74. The molecule has 29 heavy (non-hydrogen) atoms. The maximum Gasteiger partial charge on any atom is 0.422 e. The molecule has 5 nitrogen and oxygen atoms in total. The Morgan fingerprint density at radius 2 is 1.86 bits per heavy atom. The Kier molecular flexibility index (Phi) is 6.09. The molecule has 0 unspecified atom stereocenters. The SMILES string of the molecule is N#Cc1cc(NC(=O)C2(c3ccccc3)CCOCC2)ccc1OCC(F)(F)F. The molecule has 0 atom stereocenters. The largest absolute Gasteiger partial charge is 0.483 e. The van der Waals surface area contributed by atoms with Gasteiger partial charge < -0.3 is 14.8 Å². The van der Waals surface area contributed by atoms with Crippen molar-refractivity contribution in [1.29, 1.82) is 5.26 Å². The van der Waals surface area contributed by atoms with Gasteiger partial charge in [-0.1, -0.05) is 30.3 Å². The lowest BCUT2D eigenvalue weighted by Crippen LogP contribution is -2.44. The van der Waals surface area contributed by atoms with Crippen molar-refractivity contribution in [2.75, 3.05) is 25.1 Å². The van der Waals surface area contributed by atoms with Crippen molar-refractivity contribution in [2.24, 2.45) is 0 Å². The van der Waals surface area contributed by atoms with E-state index in [1.54, 1.807) is 6.07 Å². The van der Waals surface area contributed by atoms with Crippen LogP contribution >= 0.6 is 0 Å². The third kappa shape index (κ3) is 4.87. The van der Waals surface area contributed by atoms with E-state index in [0.717, 1.165) is 5.56 Å². The Morgan fingerprint density at radius 3 is 2.48 bits per heavy atom. The van der Waals surface area contributed by atoms with Gasteiger partial charge in [-0.15, -0.1) is 0 Å². The fourth-order valence-electron chi connectivity index (χ4n) is 3.36. The molecular weight excluding hydrogens is 385 g/mol. The summed E-state index contributed by atoms with van der Waals surface area (Å²) in [5, 5.41) is 12.0. The highest BCUT2D eigenvalue weighted by molar-refractivity contribution is 5.99. The fourth-order valence-corrected chi connectivity index (χ4v) is 3.36. The van der Waals surface area contributed by atoms with Crippen LogP contribution in [0.5, 0.6) is 5.75 Å². The molecule has 0 aromatic heterocycles. The molecule has 2 aromatic rings. The van der Waals surface area contributed by atoms with E-state index in [4.69, 9.17) is 4.74 Å². The highest BCUT2D eigenvalue weighted by Gasteiger charge is 2.41. The summed E-state index contributed by atoms with van der Waals surface area (Å²) < 4.78 is 47.2. The number of amides is 1.